The van der Waals surface area contributed by atoms with E-state index in [9.17, 15) is 19.8 Å². The Morgan fingerprint density at radius 3 is 2.33 bits per heavy atom. The zero-order valence-corrected chi connectivity index (χ0v) is 10.7. The first-order valence-electron chi connectivity index (χ1n) is 6.08. The average Bonchev–Trinajstić information content (AvgIpc) is 2.94. The molecule has 2 aromatic carbocycles. The molecule has 0 aliphatic carbocycles. The summed E-state index contributed by atoms with van der Waals surface area (Å²) in [5, 5.41) is 18.6. The highest BCUT2D eigenvalue weighted by atomic mass is 16.7. The lowest BCUT2D eigenvalue weighted by atomic mass is 9.94. The molecule has 0 spiro atoms. The van der Waals surface area contributed by atoms with Gasteiger partial charge in [0, 0.05) is 11.1 Å². The lowest BCUT2D eigenvalue weighted by molar-refractivity contribution is 0.0684. The molecule has 0 fully saturated rings. The van der Waals surface area contributed by atoms with Crippen molar-refractivity contribution in [3.63, 3.8) is 0 Å². The van der Waals surface area contributed by atoms with Gasteiger partial charge in [-0.1, -0.05) is 18.2 Å². The predicted octanol–water partition coefficient (Wildman–Crippen LogP) is 2.48. The first-order valence-corrected chi connectivity index (χ1v) is 6.08. The zero-order chi connectivity index (χ0) is 15.0. The van der Waals surface area contributed by atoms with E-state index in [2.05, 4.69) is 0 Å². The zero-order valence-electron chi connectivity index (χ0n) is 10.7. The molecular weight excluding hydrogens is 276 g/mol. The van der Waals surface area contributed by atoms with Gasteiger partial charge in [0.15, 0.2) is 11.5 Å². The number of aromatic carboxylic acids is 2. The molecule has 0 saturated carbocycles. The molecule has 1 aliphatic heterocycles. The Bertz CT molecular complexity index is 750. The molecule has 2 N–H and O–H groups in total. The SMILES string of the molecule is O=C(O)c1ccccc1-c1c(C(=O)O)ccc2c1OCO2. The summed E-state index contributed by atoms with van der Waals surface area (Å²) in [5.41, 5.74) is 0.470. The van der Waals surface area contributed by atoms with Gasteiger partial charge in [-0.3, -0.25) is 0 Å². The van der Waals surface area contributed by atoms with Crippen molar-refractivity contribution in [2.75, 3.05) is 6.79 Å². The van der Waals surface area contributed by atoms with Crippen molar-refractivity contribution in [3.8, 4) is 22.6 Å². The first kappa shape index (κ1) is 13.0. The van der Waals surface area contributed by atoms with Gasteiger partial charge in [0.1, 0.15) is 0 Å². The number of ether oxygens (including phenoxy) is 2. The van der Waals surface area contributed by atoms with E-state index in [4.69, 9.17) is 9.47 Å². The van der Waals surface area contributed by atoms with E-state index in [1.165, 1.54) is 18.2 Å². The Kier molecular flexibility index (Phi) is 2.98. The summed E-state index contributed by atoms with van der Waals surface area (Å²) in [5.74, 6) is -1.65. The van der Waals surface area contributed by atoms with Gasteiger partial charge in [-0.25, -0.2) is 9.59 Å². The Hall–Kier alpha value is -3.02. The fourth-order valence-corrected chi connectivity index (χ4v) is 2.31. The van der Waals surface area contributed by atoms with Crippen LogP contribution in [0.3, 0.4) is 0 Å². The van der Waals surface area contributed by atoms with Crippen LogP contribution in [0.25, 0.3) is 11.1 Å². The Morgan fingerprint density at radius 2 is 1.62 bits per heavy atom. The van der Waals surface area contributed by atoms with Crippen LogP contribution in [-0.2, 0) is 0 Å². The third-order valence-corrected chi connectivity index (χ3v) is 3.20. The van der Waals surface area contributed by atoms with Gasteiger partial charge in [-0.15, -0.1) is 0 Å². The third kappa shape index (κ3) is 2.06. The highest BCUT2D eigenvalue weighted by Gasteiger charge is 2.27. The van der Waals surface area contributed by atoms with Gasteiger partial charge in [0.2, 0.25) is 6.79 Å². The van der Waals surface area contributed by atoms with Gasteiger partial charge in [0.05, 0.1) is 11.1 Å². The second-order valence-corrected chi connectivity index (χ2v) is 4.38. The molecule has 1 heterocycles. The molecule has 0 amide bonds. The summed E-state index contributed by atoms with van der Waals surface area (Å²) in [6, 6.07) is 9.06. The average molecular weight is 286 g/mol. The molecule has 2 aromatic rings. The van der Waals surface area contributed by atoms with Crippen molar-refractivity contribution in [1.82, 2.24) is 0 Å². The van der Waals surface area contributed by atoms with E-state index in [0.29, 0.717) is 5.75 Å². The number of carbonyl (C=O) groups is 2. The highest BCUT2D eigenvalue weighted by molar-refractivity contribution is 6.04. The Labute approximate surface area is 119 Å². The molecular formula is C15H10O6. The van der Waals surface area contributed by atoms with Crippen molar-refractivity contribution < 1.29 is 29.3 Å². The smallest absolute Gasteiger partial charge is 0.336 e. The van der Waals surface area contributed by atoms with E-state index in [0.717, 1.165) is 0 Å². The van der Waals surface area contributed by atoms with Gasteiger partial charge in [-0.2, -0.15) is 0 Å². The maximum absolute atomic E-state index is 11.4. The number of rotatable bonds is 3. The minimum Gasteiger partial charge on any atom is -0.478 e. The fraction of sp³-hybridized carbons (Fsp3) is 0.0667. The fourth-order valence-electron chi connectivity index (χ4n) is 2.31. The van der Waals surface area contributed by atoms with Crippen LogP contribution in [0, 0.1) is 0 Å². The maximum atomic E-state index is 11.4. The molecule has 0 atom stereocenters. The van der Waals surface area contributed by atoms with Crippen LogP contribution in [0.15, 0.2) is 36.4 Å². The number of benzene rings is 2. The molecule has 6 heteroatoms. The first-order chi connectivity index (χ1) is 10.1. The number of fused-ring (bicyclic) bond motifs is 1. The lowest BCUT2D eigenvalue weighted by Crippen LogP contribution is -2.05. The molecule has 106 valence electrons. The van der Waals surface area contributed by atoms with Gasteiger partial charge >= 0.3 is 11.9 Å². The molecule has 21 heavy (non-hydrogen) atoms. The number of hydrogen-bond donors (Lipinski definition) is 2. The molecule has 6 nitrogen and oxygen atoms in total. The van der Waals surface area contributed by atoms with Crippen LogP contribution in [0.4, 0.5) is 0 Å². The molecule has 0 unspecified atom stereocenters. The van der Waals surface area contributed by atoms with Crippen molar-refractivity contribution in [2.45, 2.75) is 0 Å². The Balaban J connectivity index is 2.35. The van der Waals surface area contributed by atoms with Crippen LogP contribution in [0.2, 0.25) is 0 Å². The van der Waals surface area contributed by atoms with E-state index in [1.54, 1.807) is 18.2 Å². The van der Waals surface area contributed by atoms with E-state index < -0.39 is 11.9 Å². The summed E-state index contributed by atoms with van der Waals surface area (Å²) < 4.78 is 10.6. The summed E-state index contributed by atoms with van der Waals surface area (Å²) >= 11 is 0. The number of carboxylic acids is 2. The van der Waals surface area contributed by atoms with Crippen LogP contribution in [-0.4, -0.2) is 28.9 Å². The van der Waals surface area contributed by atoms with E-state index in [-0.39, 0.29) is 34.8 Å². The summed E-state index contributed by atoms with van der Waals surface area (Å²) in [6.07, 6.45) is 0. The monoisotopic (exact) mass is 286 g/mol. The van der Waals surface area contributed by atoms with Gasteiger partial charge in [0.25, 0.3) is 0 Å². The Morgan fingerprint density at radius 1 is 0.905 bits per heavy atom. The molecule has 0 aromatic heterocycles. The topological polar surface area (TPSA) is 93.1 Å². The van der Waals surface area contributed by atoms with E-state index in [1.807, 2.05) is 0 Å². The summed E-state index contributed by atoms with van der Waals surface area (Å²) in [7, 11) is 0. The summed E-state index contributed by atoms with van der Waals surface area (Å²) in [6.45, 7) is -0.0271. The second-order valence-electron chi connectivity index (χ2n) is 4.38. The van der Waals surface area contributed by atoms with Crippen LogP contribution in [0.5, 0.6) is 11.5 Å². The van der Waals surface area contributed by atoms with Crippen molar-refractivity contribution in [2.24, 2.45) is 0 Å². The minimum absolute atomic E-state index is 0.00361. The molecule has 0 radical (unpaired) electrons. The standard InChI is InChI=1S/C15H10O6/c16-14(17)9-4-2-1-3-8(9)12-10(15(18)19)5-6-11-13(12)21-7-20-11/h1-6H,7H2,(H,16,17)(H,18,19). The largest absolute Gasteiger partial charge is 0.478 e. The van der Waals surface area contributed by atoms with E-state index >= 15 is 0 Å². The van der Waals surface area contributed by atoms with Crippen LogP contribution in [0.1, 0.15) is 20.7 Å². The molecule has 1 aliphatic rings. The van der Waals surface area contributed by atoms with Crippen molar-refractivity contribution >= 4 is 11.9 Å². The highest BCUT2D eigenvalue weighted by Crippen LogP contribution is 2.44. The predicted molar refractivity (Wildman–Crippen MR) is 71.9 cm³/mol. The second kappa shape index (κ2) is 4.82. The van der Waals surface area contributed by atoms with Gasteiger partial charge < -0.3 is 19.7 Å². The maximum Gasteiger partial charge on any atom is 0.336 e. The molecule has 0 bridgehead atoms. The third-order valence-electron chi connectivity index (χ3n) is 3.20. The molecule has 3 rings (SSSR count). The van der Waals surface area contributed by atoms with Crippen LogP contribution < -0.4 is 9.47 Å². The lowest BCUT2D eigenvalue weighted by Gasteiger charge is -2.12. The summed E-state index contributed by atoms with van der Waals surface area (Å²) in [4.78, 5) is 22.8. The number of hydrogen-bond acceptors (Lipinski definition) is 4. The molecule has 0 saturated heterocycles. The number of carboxylic acid groups (broad SMARTS) is 2. The van der Waals surface area contributed by atoms with Crippen molar-refractivity contribution in [1.29, 1.82) is 0 Å². The normalized spacial score (nSPS) is 12.2. The quantitative estimate of drug-likeness (QED) is 0.900. The van der Waals surface area contributed by atoms with Gasteiger partial charge in [-0.05, 0) is 18.2 Å². The van der Waals surface area contributed by atoms with Crippen molar-refractivity contribution in [3.05, 3.63) is 47.5 Å². The van der Waals surface area contributed by atoms with Crippen LogP contribution >= 0.6 is 0 Å². The minimum atomic E-state index is -1.16.